The molecular weight excluding hydrogens is 280 g/mol. The van der Waals surface area contributed by atoms with Crippen molar-refractivity contribution < 1.29 is 18.9 Å². The predicted molar refractivity (Wildman–Crippen MR) is 85.4 cm³/mol. The molecule has 0 amide bonds. The van der Waals surface area contributed by atoms with Gasteiger partial charge >= 0.3 is 0 Å². The van der Waals surface area contributed by atoms with Crippen LogP contribution in [0.1, 0.15) is 22.3 Å². The third-order valence-electron chi connectivity index (χ3n) is 3.02. The van der Waals surface area contributed by atoms with Crippen molar-refractivity contribution in [3.05, 3.63) is 34.4 Å². The lowest BCUT2D eigenvalue weighted by Gasteiger charge is -2.12. The lowest BCUT2D eigenvalue weighted by atomic mass is 9.99. The molecule has 118 valence electrons. The molecule has 0 saturated heterocycles. The average Bonchev–Trinajstić information content (AvgIpc) is 2.55. The third kappa shape index (κ3) is 5.89. The molecule has 0 spiro atoms. The highest BCUT2D eigenvalue weighted by Gasteiger charge is 2.08. The number of ether oxygens (including phenoxy) is 4. The predicted octanol–water partition coefficient (Wildman–Crippen LogP) is 1.98. The number of hydrogen-bond donors (Lipinski definition) is 0. The van der Waals surface area contributed by atoms with E-state index in [0.29, 0.717) is 39.6 Å². The maximum absolute atomic E-state index is 5.58. The summed E-state index contributed by atoms with van der Waals surface area (Å²) in [6, 6.07) is 3.77. The quantitative estimate of drug-likeness (QED) is 0.489. The van der Waals surface area contributed by atoms with Gasteiger partial charge in [0.15, 0.2) is 0 Å². The molecular formula is C18H22O4. The average molecular weight is 302 g/mol. The van der Waals surface area contributed by atoms with Crippen LogP contribution in [0.2, 0.25) is 0 Å². The monoisotopic (exact) mass is 302 g/mol. The van der Waals surface area contributed by atoms with Gasteiger partial charge < -0.3 is 18.9 Å². The lowest BCUT2D eigenvalue weighted by molar-refractivity contribution is 0.0604. The molecule has 0 aliphatic heterocycles. The van der Waals surface area contributed by atoms with E-state index in [1.54, 1.807) is 14.2 Å². The minimum Gasteiger partial charge on any atom is -0.382 e. The van der Waals surface area contributed by atoms with E-state index in [1.165, 1.54) is 0 Å². The van der Waals surface area contributed by atoms with E-state index in [4.69, 9.17) is 31.8 Å². The highest BCUT2D eigenvalue weighted by molar-refractivity contribution is 5.51. The summed E-state index contributed by atoms with van der Waals surface area (Å²) in [7, 11) is 3.26. The highest BCUT2D eigenvalue weighted by Crippen LogP contribution is 2.18. The van der Waals surface area contributed by atoms with E-state index in [2.05, 4.69) is 11.8 Å². The van der Waals surface area contributed by atoms with Crippen LogP contribution in [0.5, 0.6) is 0 Å². The van der Waals surface area contributed by atoms with Crippen molar-refractivity contribution in [1.29, 1.82) is 0 Å². The molecule has 0 atom stereocenters. The molecule has 0 heterocycles. The van der Waals surface area contributed by atoms with E-state index >= 15 is 0 Å². The highest BCUT2D eigenvalue weighted by atomic mass is 16.5. The van der Waals surface area contributed by atoms with Gasteiger partial charge in [-0.25, -0.2) is 0 Å². The van der Waals surface area contributed by atoms with Crippen LogP contribution >= 0.6 is 0 Å². The minimum atomic E-state index is 0.405. The van der Waals surface area contributed by atoms with Crippen LogP contribution in [0, 0.1) is 24.7 Å². The number of rotatable bonds is 10. The van der Waals surface area contributed by atoms with E-state index < -0.39 is 0 Å². The summed E-state index contributed by atoms with van der Waals surface area (Å²) in [5, 5.41) is 0. The fourth-order valence-corrected chi connectivity index (χ4v) is 1.85. The van der Waals surface area contributed by atoms with Crippen molar-refractivity contribution in [2.24, 2.45) is 0 Å². The molecule has 0 saturated carbocycles. The summed E-state index contributed by atoms with van der Waals surface area (Å²) in [5.41, 5.74) is 3.32. The number of benzene rings is 1. The molecule has 0 N–H and O–H groups in total. The molecule has 1 aromatic rings. The SMILES string of the molecule is C#Cc1cc(COCCOC)c(C#C)cc1COCCOC. The van der Waals surface area contributed by atoms with Crippen molar-refractivity contribution in [2.45, 2.75) is 13.2 Å². The van der Waals surface area contributed by atoms with Gasteiger partial charge in [-0.15, -0.1) is 12.8 Å². The molecule has 4 nitrogen and oxygen atoms in total. The van der Waals surface area contributed by atoms with Gasteiger partial charge in [0.05, 0.1) is 39.6 Å². The Labute approximate surface area is 132 Å². The zero-order valence-electron chi connectivity index (χ0n) is 13.2. The molecule has 0 fully saturated rings. The summed E-state index contributed by atoms with van der Waals surface area (Å²) in [6.45, 7) is 2.91. The number of terminal acetylenes is 2. The van der Waals surface area contributed by atoms with Crippen LogP contribution in [-0.2, 0) is 32.2 Å². The Morgan fingerprint density at radius 3 is 1.50 bits per heavy atom. The Morgan fingerprint density at radius 1 is 0.773 bits per heavy atom. The Morgan fingerprint density at radius 2 is 1.18 bits per heavy atom. The zero-order valence-corrected chi connectivity index (χ0v) is 13.2. The first kappa shape index (κ1) is 18.2. The van der Waals surface area contributed by atoms with E-state index in [0.717, 1.165) is 22.3 Å². The Kier molecular flexibility index (Phi) is 8.98. The first-order valence-electron chi connectivity index (χ1n) is 6.99. The van der Waals surface area contributed by atoms with Gasteiger partial charge in [0.2, 0.25) is 0 Å². The lowest BCUT2D eigenvalue weighted by Crippen LogP contribution is -2.06. The largest absolute Gasteiger partial charge is 0.382 e. The van der Waals surface area contributed by atoms with Gasteiger partial charge in [0.25, 0.3) is 0 Å². The van der Waals surface area contributed by atoms with E-state index in [9.17, 15) is 0 Å². The Hall–Kier alpha value is -1.82. The van der Waals surface area contributed by atoms with Crippen molar-refractivity contribution >= 4 is 0 Å². The van der Waals surface area contributed by atoms with Crippen LogP contribution in [0.15, 0.2) is 12.1 Å². The van der Waals surface area contributed by atoms with Crippen molar-refractivity contribution in [3.63, 3.8) is 0 Å². The summed E-state index contributed by atoms with van der Waals surface area (Å²) >= 11 is 0. The molecule has 4 heteroatoms. The van der Waals surface area contributed by atoms with Crippen molar-refractivity contribution in [3.8, 4) is 24.7 Å². The van der Waals surface area contributed by atoms with Gasteiger partial charge in [-0.2, -0.15) is 0 Å². The topological polar surface area (TPSA) is 36.9 Å². The van der Waals surface area contributed by atoms with Crippen LogP contribution in [0.4, 0.5) is 0 Å². The summed E-state index contributed by atoms with van der Waals surface area (Å²) in [6.07, 6.45) is 11.2. The first-order chi connectivity index (χ1) is 10.8. The van der Waals surface area contributed by atoms with Gasteiger partial charge in [0, 0.05) is 25.3 Å². The summed E-state index contributed by atoms with van der Waals surface area (Å²) < 4.78 is 20.9. The molecule has 1 aromatic carbocycles. The Bertz CT molecular complexity index is 487. The molecule has 1 rings (SSSR count). The van der Waals surface area contributed by atoms with E-state index in [1.807, 2.05) is 12.1 Å². The summed E-state index contributed by atoms with van der Waals surface area (Å²) in [4.78, 5) is 0. The van der Waals surface area contributed by atoms with Crippen molar-refractivity contribution in [1.82, 2.24) is 0 Å². The molecule has 0 aromatic heterocycles. The van der Waals surface area contributed by atoms with Crippen LogP contribution in [0.3, 0.4) is 0 Å². The second-order valence-electron chi connectivity index (χ2n) is 4.55. The van der Waals surface area contributed by atoms with Gasteiger partial charge in [-0.1, -0.05) is 11.8 Å². The van der Waals surface area contributed by atoms with Gasteiger partial charge in [-0.3, -0.25) is 0 Å². The second-order valence-corrected chi connectivity index (χ2v) is 4.55. The maximum atomic E-state index is 5.58. The molecule has 0 unspecified atom stereocenters. The third-order valence-corrected chi connectivity index (χ3v) is 3.02. The molecule has 0 aliphatic carbocycles. The minimum absolute atomic E-state index is 0.405. The standard InChI is InChI=1S/C18H22O4/c1-5-15-11-18(14-22-10-8-20-4)16(6-2)12-17(15)13-21-9-7-19-3/h1-2,11-12H,7-10,13-14H2,3-4H3. The van der Waals surface area contributed by atoms with Gasteiger partial charge in [-0.05, 0) is 23.3 Å². The molecule has 0 radical (unpaired) electrons. The fourth-order valence-electron chi connectivity index (χ4n) is 1.85. The fraction of sp³-hybridized carbons (Fsp3) is 0.444. The summed E-state index contributed by atoms with van der Waals surface area (Å²) in [5.74, 6) is 5.34. The molecule has 22 heavy (non-hydrogen) atoms. The Balaban J connectivity index is 2.79. The normalized spacial score (nSPS) is 10.2. The first-order valence-corrected chi connectivity index (χ1v) is 6.99. The second kappa shape index (κ2) is 10.8. The smallest absolute Gasteiger partial charge is 0.0730 e. The maximum Gasteiger partial charge on any atom is 0.0730 e. The van der Waals surface area contributed by atoms with Crippen LogP contribution < -0.4 is 0 Å². The van der Waals surface area contributed by atoms with E-state index in [-0.39, 0.29) is 0 Å². The zero-order chi connectivity index (χ0) is 16.2. The molecule has 0 bridgehead atoms. The molecule has 0 aliphatic rings. The number of hydrogen-bond acceptors (Lipinski definition) is 4. The number of methoxy groups -OCH3 is 2. The van der Waals surface area contributed by atoms with Crippen molar-refractivity contribution in [2.75, 3.05) is 40.6 Å². The van der Waals surface area contributed by atoms with Crippen LogP contribution in [-0.4, -0.2) is 40.6 Å². The van der Waals surface area contributed by atoms with Gasteiger partial charge in [0.1, 0.15) is 0 Å². The van der Waals surface area contributed by atoms with Crippen LogP contribution in [0.25, 0.3) is 0 Å².